The largest absolute Gasteiger partial charge is 0.399 e. The Hall–Kier alpha value is -1.55. The van der Waals surface area contributed by atoms with Crippen LogP contribution >= 0.6 is 0 Å². The molecule has 1 aromatic rings. The summed E-state index contributed by atoms with van der Waals surface area (Å²) in [4.78, 5) is 11.9. The number of hydrogen-bond acceptors (Lipinski definition) is 3. The molecule has 100 valence electrons. The summed E-state index contributed by atoms with van der Waals surface area (Å²) in [5.74, 6) is 0.241. The van der Waals surface area contributed by atoms with Gasteiger partial charge in [-0.3, -0.25) is 4.79 Å². The number of aliphatic hydroxyl groups is 1. The minimum atomic E-state index is -0.497. The fourth-order valence-electron chi connectivity index (χ4n) is 1.87. The highest BCUT2D eigenvalue weighted by Crippen LogP contribution is 2.12. The number of nitrogen functional groups attached to an aromatic ring is 1. The van der Waals surface area contributed by atoms with E-state index in [2.05, 4.69) is 5.32 Å². The fraction of sp³-hybridized carbons (Fsp3) is 0.500. The smallest absolute Gasteiger partial charge is 0.251 e. The van der Waals surface area contributed by atoms with E-state index in [0.717, 1.165) is 5.56 Å². The van der Waals surface area contributed by atoms with Gasteiger partial charge in [0.2, 0.25) is 0 Å². The van der Waals surface area contributed by atoms with Crippen LogP contribution < -0.4 is 11.1 Å². The van der Waals surface area contributed by atoms with E-state index >= 15 is 0 Å². The van der Waals surface area contributed by atoms with Gasteiger partial charge in [-0.1, -0.05) is 13.8 Å². The van der Waals surface area contributed by atoms with Gasteiger partial charge in [-0.05, 0) is 43.0 Å². The predicted molar refractivity (Wildman–Crippen MR) is 73.4 cm³/mol. The Bertz CT molecular complexity index is 416. The second-order valence-electron chi connectivity index (χ2n) is 5.07. The molecular formula is C14H22N2O2. The van der Waals surface area contributed by atoms with Gasteiger partial charge in [0.25, 0.3) is 5.91 Å². The van der Waals surface area contributed by atoms with Gasteiger partial charge in [0, 0.05) is 17.8 Å². The molecule has 18 heavy (non-hydrogen) atoms. The van der Waals surface area contributed by atoms with E-state index in [1.165, 1.54) is 0 Å². The Morgan fingerprint density at radius 3 is 2.67 bits per heavy atom. The van der Waals surface area contributed by atoms with Gasteiger partial charge in [-0.2, -0.15) is 0 Å². The summed E-state index contributed by atoms with van der Waals surface area (Å²) in [6, 6.07) is 5.17. The lowest BCUT2D eigenvalue weighted by molar-refractivity contribution is 0.0899. The number of aryl methyl sites for hydroxylation is 1. The first-order valence-corrected chi connectivity index (χ1v) is 6.22. The maximum Gasteiger partial charge on any atom is 0.251 e. The van der Waals surface area contributed by atoms with Crippen LogP contribution in [-0.2, 0) is 0 Å². The monoisotopic (exact) mass is 250 g/mol. The van der Waals surface area contributed by atoms with Crippen molar-refractivity contribution in [1.29, 1.82) is 0 Å². The molecule has 1 aromatic carbocycles. The Morgan fingerprint density at radius 2 is 2.11 bits per heavy atom. The summed E-state index contributed by atoms with van der Waals surface area (Å²) < 4.78 is 0. The molecule has 0 fully saturated rings. The molecule has 0 saturated carbocycles. The summed E-state index contributed by atoms with van der Waals surface area (Å²) in [6.45, 7) is 6.20. The molecule has 0 radical (unpaired) electrons. The van der Waals surface area contributed by atoms with Crippen LogP contribution in [0.2, 0.25) is 0 Å². The first-order valence-electron chi connectivity index (χ1n) is 6.22. The van der Waals surface area contributed by atoms with Crippen molar-refractivity contribution in [3.05, 3.63) is 29.3 Å². The molecule has 0 saturated heterocycles. The van der Waals surface area contributed by atoms with Crippen LogP contribution in [0.4, 0.5) is 5.69 Å². The zero-order valence-electron chi connectivity index (χ0n) is 11.2. The summed E-state index contributed by atoms with van der Waals surface area (Å²) >= 11 is 0. The van der Waals surface area contributed by atoms with Crippen LogP contribution in [0.1, 0.15) is 36.2 Å². The zero-order valence-corrected chi connectivity index (χ0v) is 11.2. The van der Waals surface area contributed by atoms with Crippen LogP contribution in [-0.4, -0.2) is 23.7 Å². The second kappa shape index (κ2) is 6.40. The topological polar surface area (TPSA) is 75.4 Å². The van der Waals surface area contributed by atoms with Crippen LogP contribution in [0.5, 0.6) is 0 Å². The van der Waals surface area contributed by atoms with Crippen molar-refractivity contribution in [2.24, 2.45) is 5.92 Å². The Labute approximate surface area is 108 Å². The highest BCUT2D eigenvalue weighted by Gasteiger charge is 2.12. The molecule has 4 nitrogen and oxygen atoms in total. The Kier molecular flexibility index (Phi) is 5.16. The molecule has 0 heterocycles. The van der Waals surface area contributed by atoms with E-state index in [1.54, 1.807) is 18.2 Å². The van der Waals surface area contributed by atoms with E-state index in [9.17, 15) is 9.90 Å². The second-order valence-corrected chi connectivity index (χ2v) is 5.07. The number of hydrogen-bond donors (Lipinski definition) is 3. The first-order chi connectivity index (χ1) is 8.40. The van der Waals surface area contributed by atoms with Crippen LogP contribution in [0.3, 0.4) is 0 Å². The number of carbonyl (C=O) groups is 1. The van der Waals surface area contributed by atoms with Gasteiger partial charge in [0.15, 0.2) is 0 Å². The summed E-state index contributed by atoms with van der Waals surface area (Å²) in [7, 11) is 0. The van der Waals surface area contributed by atoms with Crippen LogP contribution in [0.15, 0.2) is 18.2 Å². The van der Waals surface area contributed by atoms with Crippen LogP contribution in [0.25, 0.3) is 0 Å². The van der Waals surface area contributed by atoms with E-state index in [1.807, 2.05) is 20.8 Å². The third-order valence-corrected chi connectivity index (χ3v) is 2.74. The highest BCUT2D eigenvalue weighted by atomic mass is 16.3. The highest BCUT2D eigenvalue weighted by molar-refractivity contribution is 5.96. The molecule has 1 rings (SSSR count). The summed E-state index contributed by atoms with van der Waals surface area (Å²) in [5.41, 5.74) is 7.71. The average molecular weight is 250 g/mol. The van der Waals surface area contributed by atoms with Gasteiger partial charge in [0.1, 0.15) is 0 Å². The number of anilines is 1. The molecule has 1 atom stereocenters. The lowest BCUT2D eigenvalue weighted by Crippen LogP contribution is -2.33. The molecule has 0 aliphatic heterocycles. The van der Waals surface area contributed by atoms with Crippen LogP contribution in [0, 0.1) is 12.8 Å². The number of amides is 1. The molecular weight excluding hydrogens is 228 g/mol. The molecule has 1 amide bonds. The normalized spacial score (nSPS) is 12.5. The average Bonchev–Trinajstić information content (AvgIpc) is 2.25. The summed E-state index contributed by atoms with van der Waals surface area (Å²) in [5, 5.41) is 12.4. The van der Waals surface area contributed by atoms with E-state index in [-0.39, 0.29) is 12.5 Å². The van der Waals surface area contributed by atoms with E-state index in [4.69, 9.17) is 5.73 Å². The van der Waals surface area contributed by atoms with Gasteiger partial charge >= 0.3 is 0 Å². The number of rotatable bonds is 5. The minimum Gasteiger partial charge on any atom is -0.399 e. The standard InChI is InChI=1S/C14H22N2O2/c1-9(2)6-12(17)8-16-14(18)13-5-4-11(15)7-10(13)3/h4-5,7,9,12,17H,6,8,15H2,1-3H3,(H,16,18). The van der Waals surface area contributed by atoms with Crippen molar-refractivity contribution in [3.8, 4) is 0 Å². The molecule has 4 heteroatoms. The quantitative estimate of drug-likeness (QED) is 0.696. The van der Waals surface area contributed by atoms with E-state index in [0.29, 0.717) is 23.6 Å². The Balaban J connectivity index is 2.55. The maximum atomic E-state index is 11.9. The molecule has 0 aliphatic carbocycles. The van der Waals surface area contributed by atoms with Crippen molar-refractivity contribution in [2.45, 2.75) is 33.3 Å². The zero-order chi connectivity index (χ0) is 13.7. The lowest BCUT2D eigenvalue weighted by Gasteiger charge is -2.14. The summed E-state index contributed by atoms with van der Waals surface area (Å²) in [6.07, 6.45) is 0.184. The maximum absolute atomic E-state index is 11.9. The molecule has 4 N–H and O–H groups in total. The first kappa shape index (κ1) is 14.5. The number of nitrogens with one attached hydrogen (secondary N) is 1. The number of nitrogens with two attached hydrogens (primary N) is 1. The number of benzene rings is 1. The van der Waals surface area contributed by atoms with E-state index < -0.39 is 6.10 Å². The van der Waals surface area contributed by atoms with Crippen molar-refractivity contribution < 1.29 is 9.90 Å². The number of carbonyl (C=O) groups excluding carboxylic acids is 1. The Morgan fingerprint density at radius 1 is 1.44 bits per heavy atom. The van der Waals surface area contributed by atoms with Gasteiger partial charge in [-0.25, -0.2) is 0 Å². The van der Waals surface area contributed by atoms with Crippen molar-refractivity contribution >= 4 is 11.6 Å². The van der Waals surface area contributed by atoms with Crippen molar-refractivity contribution in [3.63, 3.8) is 0 Å². The van der Waals surface area contributed by atoms with Gasteiger partial charge < -0.3 is 16.2 Å². The van der Waals surface area contributed by atoms with Crippen molar-refractivity contribution in [2.75, 3.05) is 12.3 Å². The fourth-order valence-corrected chi connectivity index (χ4v) is 1.87. The van der Waals surface area contributed by atoms with Crippen molar-refractivity contribution in [1.82, 2.24) is 5.32 Å². The molecule has 0 aliphatic rings. The predicted octanol–water partition coefficient (Wildman–Crippen LogP) is 1.71. The molecule has 0 bridgehead atoms. The number of aliphatic hydroxyl groups excluding tert-OH is 1. The third-order valence-electron chi connectivity index (χ3n) is 2.74. The minimum absolute atomic E-state index is 0.171. The molecule has 0 aromatic heterocycles. The SMILES string of the molecule is Cc1cc(N)ccc1C(=O)NCC(O)CC(C)C. The molecule has 1 unspecified atom stereocenters. The molecule has 0 spiro atoms. The van der Waals surface area contributed by atoms with Gasteiger partial charge in [0.05, 0.1) is 6.10 Å². The third kappa shape index (κ3) is 4.37. The van der Waals surface area contributed by atoms with Gasteiger partial charge in [-0.15, -0.1) is 0 Å². The lowest BCUT2D eigenvalue weighted by atomic mass is 10.1.